The maximum absolute atomic E-state index is 11.3. The second-order valence-corrected chi connectivity index (χ2v) is 3.12. The van der Waals surface area contributed by atoms with Gasteiger partial charge in [0.25, 0.3) is 0 Å². The van der Waals surface area contributed by atoms with E-state index in [0.717, 1.165) is 0 Å². The molecule has 0 aromatic carbocycles. The van der Waals surface area contributed by atoms with Crippen LogP contribution in [0.15, 0.2) is 23.4 Å². The molecule has 76 valence electrons. The third-order valence-electron chi connectivity index (χ3n) is 1.93. The van der Waals surface area contributed by atoms with Gasteiger partial charge in [-0.05, 0) is 19.4 Å². The monoisotopic (exact) mass is 195 g/mol. The number of hydrogen-bond donors (Lipinski definition) is 2. The number of aliphatic hydroxyl groups excluding tert-OH is 1. The normalized spacial score (nSPS) is 16.4. The van der Waals surface area contributed by atoms with Crippen molar-refractivity contribution >= 4 is 11.6 Å². The Kier molecular flexibility index (Phi) is 3.59. The molecule has 0 saturated carbocycles. The summed E-state index contributed by atoms with van der Waals surface area (Å²) < 4.78 is 0. The molecule has 4 heteroatoms. The van der Waals surface area contributed by atoms with Crippen molar-refractivity contribution in [3.05, 3.63) is 23.4 Å². The van der Waals surface area contributed by atoms with E-state index in [1.54, 1.807) is 6.92 Å². The molecule has 0 unspecified atom stereocenters. The van der Waals surface area contributed by atoms with Gasteiger partial charge < -0.3 is 10.4 Å². The molecule has 0 aliphatic heterocycles. The molecule has 0 bridgehead atoms. The summed E-state index contributed by atoms with van der Waals surface area (Å²) in [5.41, 5.74) is 0.775. The van der Waals surface area contributed by atoms with E-state index in [1.165, 1.54) is 12.2 Å². The van der Waals surface area contributed by atoms with Crippen molar-refractivity contribution in [1.82, 2.24) is 5.32 Å². The minimum Gasteiger partial charge on any atom is -0.396 e. The Labute approximate surface area is 82.3 Å². The highest BCUT2D eigenvalue weighted by Gasteiger charge is 2.16. The van der Waals surface area contributed by atoms with Crippen molar-refractivity contribution in [3.63, 3.8) is 0 Å². The largest absolute Gasteiger partial charge is 0.396 e. The molecule has 2 N–H and O–H groups in total. The molecule has 0 fully saturated rings. The number of aliphatic hydroxyl groups is 1. The molecule has 14 heavy (non-hydrogen) atoms. The molecule has 0 aromatic rings. The first-order valence-corrected chi connectivity index (χ1v) is 4.48. The highest BCUT2D eigenvalue weighted by Crippen LogP contribution is 2.08. The number of rotatable bonds is 4. The van der Waals surface area contributed by atoms with Gasteiger partial charge in [0.15, 0.2) is 5.78 Å². The van der Waals surface area contributed by atoms with Gasteiger partial charge in [-0.3, -0.25) is 9.59 Å². The van der Waals surface area contributed by atoms with E-state index in [-0.39, 0.29) is 18.2 Å². The smallest absolute Gasteiger partial charge is 0.202 e. The van der Waals surface area contributed by atoms with Crippen molar-refractivity contribution < 1.29 is 14.7 Å². The van der Waals surface area contributed by atoms with Crippen LogP contribution in [-0.2, 0) is 9.59 Å². The Hall–Kier alpha value is -1.42. The van der Waals surface area contributed by atoms with E-state index in [4.69, 9.17) is 5.11 Å². The van der Waals surface area contributed by atoms with E-state index in [2.05, 4.69) is 5.32 Å². The predicted molar refractivity (Wildman–Crippen MR) is 51.6 cm³/mol. The summed E-state index contributed by atoms with van der Waals surface area (Å²) in [5, 5.41) is 11.3. The molecule has 4 nitrogen and oxygen atoms in total. The Morgan fingerprint density at radius 2 is 2.00 bits per heavy atom. The number of nitrogens with one attached hydrogen (secondary N) is 1. The maximum Gasteiger partial charge on any atom is 0.202 e. The molecule has 0 saturated heterocycles. The molecular formula is C10H13NO3. The van der Waals surface area contributed by atoms with E-state index in [9.17, 15) is 9.59 Å². The average molecular weight is 195 g/mol. The van der Waals surface area contributed by atoms with Crippen LogP contribution in [0, 0.1) is 0 Å². The average Bonchev–Trinajstić information content (AvgIpc) is 2.14. The highest BCUT2D eigenvalue weighted by molar-refractivity contribution is 6.19. The third-order valence-corrected chi connectivity index (χ3v) is 1.93. The number of ketones is 2. The van der Waals surface area contributed by atoms with Crippen LogP contribution in [0.4, 0.5) is 0 Å². The summed E-state index contributed by atoms with van der Waals surface area (Å²) in [6, 6.07) is 0. The van der Waals surface area contributed by atoms with Crippen LogP contribution in [0.2, 0.25) is 0 Å². The Morgan fingerprint density at radius 1 is 1.29 bits per heavy atom. The first kappa shape index (κ1) is 10.7. The fourth-order valence-electron chi connectivity index (χ4n) is 1.10. The number of allylic oxidation sites excluding steroid dienone is 3. The Morgan fingerprint density at radius 3 is 2.64 bits per heavy atom. The minimum atomic E-state index is -0.181. The molecule has 0 atom stereocenters. The lowest BCUT2D eigenvalue weighted by atomic mass is 10.0. The van der Waals surface area contributed by atoms with E-state index in [0.29, 0.717) is 24.2 Å². The zero-order valence-electron chi connectivity index (χ0n) is 8.04. The fourth-order valence-corrected chi connectivity index (χ4v) is 1.10. The molecule has 1 rings (SSSR count). The number of hydrogen-bond acceptors (Lipinski definition) is 4. The quantitative estimate of drug-likeness (QED) is 0.487. The molecule has 0 spiro atoms. The third kappa shape index (κ3) is 2.53. The standard InChI is InChI=1S/C10H13NO3/c1-7-5-10(14)8(6-9(7)13)11-3-2-4-12/h5-6,11-12H,2-4H2,1H3. The molecule has 0 heterocycles. The van der Waals surface area contributed by atoms with Gasteiger partial charge in [-0.25, -0.2) is 0 Å². The summed E-state index contributed by atoms with van der Waals surface area (Å²) in [7, 11) is 0. The van der Waals surface area contributed by atoms with Gasteiger partial charge in [-0.1, -0.05) is 0 Å². The van der Waals surface area contributed by atoms with Crippen LogP contribution < -0.4 is 5.32 Å². The lowest BCUT2D eigenvalue weighted by molar-refractivity contribution is -0.115. The maximum atomic E-state index is 11.3. The van der Waals surface area contributed by atoms with E-state index < -0.39 is 0 Å². The molecular weight excluding hydrogens is 182 g/mol. The van der Waals surface area contributed by atoms with Crippen LogP contribution in [0.1, 0.15) is 13.3 Å². The van der Waals surface area contributed by atoms with Gasteiger partial charge in [0.2, 0.25) is 5.78 Å². The van der Waals surface area contributed by atoms with Crippen LogP contribution >= 0.6 is 0 Å². The van der Waals surface area contributed by atoms with Crippen LogP contribution in [0.5, 0.6) is 0 Å². The van der Waals surface area contributed by atoms with Crippen LogP contribution in [0.25, 0.3) is 0 Å². The summed E-state index contributed by atoms with van der Waals surface area (Å²) in [4.78, 5) is 22.5. The Balaban J connectivity index is 2.58. The first-order valence-electron chi connectivity index (χ1n) is 4.48. The van der Waals surface area contributed by atoms with Crippen molar-refractivity contribution in [2.45, 2.75) is 13.3 Å². The summed E-state index contributed by atoms with van der Waals surface area (Å²) >= 11 is 0. The number of carbonyl (C=O) groups excluding carboxylic acids is 2. The van der Waals surface area contributed by atoms with Crippen molar-refractivity contribution in [3.8, 4) is 0 Å². The van der Waals surface area contributed by atoms with Gasteiger partial charge in [-0.15, -0.1) is 0 Å². The van der Waals surface area contributed by atoms with Gasteiger partial charge in [-0.2, -0.15) is 0 Å². The topological polar surface area (TPSA) is 66.4 Å². The lowest BCUT2D eigenvalue weighted by Crippen LogP contribution is -2.25. The SMILES string of the molecule is CC1=CC(=O)C(NCCCO)=CC1=O. The molecule has 1 aliphatic rings. The zero-order valence-corrected chi connectivity index (χ0v) is 8.04. The molecule has 0 aromatic heterocycles. The Bertz CT molecular complexity index is 315. The second-order valence-electron chi connectivity index (χ2n) is 3.12. The molecule has 1 aliphatic carbocycles. The van der Waals surface area contributed by atoms with Gasteiger partial charge in [0, 0.05) is 24.8 Å². The first-order chi connectivity index (χ1) is 6.65. The van der Waals surface area contributed by atoms with Crippen LogP contribution in [-0.4, -0.2) is 29.8 Å². The molecule has 0 radical (unpaired) electrons. The zero-order chi connectivity index (χ0) is 10.6. The van der Waals surface area contributed by atoms with Gasteiger partial charge in [0.05, 0.1) is 5.70 Å². The summed E-state index contributed by atoms with van der Waals surface area (Å²) in [6.07, 6.45) is 3.18. The predicted octanol–water partition coefficient (Wildman–Crippen LogP) is -0.0596. The molecule has 0 amide bonds. The van der Waals surface area contributed by atoms with E-state index >= 15 is 0 Å². The van der Waals surface area contributed by atoms with Gasteiger partial charge >= 0.3 is 0 Å². The fraction of sp³-hybridized carbons (Fsp3) is 0.400. The lowest BCUT2D eigenvalue weighted by Gasteiger charge is -2.11. The van der Waals surface area contributed by atoms with Crippen molar-refractivity contribution in [2.24, 2.45) is 0 Å². The van der Waals surface area contributed by atoms with Crippen molar-refractivity contribution in [1.29, 1.82) is 0 Å². The van der Waals surface area contributed by atoms with Crippen LogP contribution in [0.3, 0.4) is 0 Å². The highest BCUT2D eigenvalue weighted by atomic mass is 16.3. The number of carbonyl (C=O) groups is 2. The van der Waals surface area contributed by atoms with Gasteiger partial charge in [0.1, 0.15) is 0 Å². The second kappa shape index (κ2) is 4.72. The summed E-state index contributed by atoms with van der Waals surface area (Å²) in [6.45, 7) is 2.17. The van der Waals surface area contributed by atoms with Crippen molar-refractivity contribution in [2.75, 3.05) is 13.2 Å². The minimum absolute atomic E-state index is 0.0667. The van der Waals surface area contributed by atoms with E-state index in [1.807, 2.05) is 0 Å². The summed E-state index contributed by atoms with van der Waals surface area (Å²) in [5.74, 6) is -0.323.